The third-order valence-electron chi connectivity index (χ3n) is 2.57. The molecule has 0 fully saturated rings. The van der Waals surface area contributed by atoms with E-state index in [9.17, 15) is 0 Å². The fourth-order valence-electron chi connectivity index (χ4n) is 1.57. The van der Waals surface area contributed by atoms with Crippen molar-refractivity contribution in [2.75, 3.05) is 0 Å². The molecule has 0 unspecified atom stereocenters. The fraction of sp³-hybridized carbons (Fsp3) is 0. The molecular weight excluding hydrogens is 264 g/mol. The van der Waals surface area contributed by atoms with Gasteiger partial charge in [-0.3, -0.25) is 0 Å². The molecule has 0 radical (unpaired) electrons. The quantitative estimate of drug-likeness (QED) is 0.676. The maximum absolute atomic E-state index is 8.65. The third kappa shape index (κ3) is 5.28. The second kappa shape index (κ2) is 7.60. The van der Waals surface area contributed by atoms with E-state index in [0.29, 0.717) is 0 Å². The molecule has 0 saturated heterocycles. The number of phenolic OH excluding ortho intramolecular Hbond substituents is 2. The molecule has 0 saturated carbocycles. The molecule has 2 N–H and O–H groups in total. The van der Waals surface area contributed by atoms with Gasteiger partial charge in [0.25, 0.3) is 0 Å². The van der Waals surface area contributed by atoms with Gasteiger partial charge in [0.05, 0.1) is 0 Å². The Balaban J connectivity index is 0.000000173. The molecule has 0 aliphatic rings. The highest BCUT2D eigenvalue weighted by molar-refractivity contribution is 5.30. The van der Waals surface area contributed by atoms with Crippen LogP contribution in [0.3, 0.4) is 0 Å². The number of para-hydroxylation sites is 2. The van der Waals surface area contributed by atoms with Crippen LogP contribution in [0.1, 0.15) is 0 Å². The van der Waals surface area contributed by atoms with Gasteiger partial charge in [-0.25, -0.2) is 0 Å². The summed E-state index contributed by atoms with van der Waals surface area (Å²) in [6.45, 7) is 0. The first-order chi connectivity index (χ1) is 10.2. The van der Waals surface area contributed by atoms with Crippen molar-refractivity contribution in [1.82, 2.24) is 0 Å². The molecule has 21 heavy (non-hydrogen) atoms. The molecule has 0 amide bonds. The molecule has 0 aliphatic heterocycles. The van der Waals surface area contributed by atoms with Gasteiger partial charge in [0.2, 0.25) is 0 Å². The molecule has 3 heteroatoms. The number of aromatic hydroxyl groups is 2. The summed E-state index contributed by atoms with van der Waals surface area (Å²) < 4.78 is 5.58. The number of hydrogen-bond acceptors (Lipinski definition) is 3. The average molecular weight is 280 g/mol. The second-order valence-corrected chi connectivity index (χ2v) is 4.24. The molecule has 106 valence electrons. The highest BCUT2D eigenvalue weighted by Gasteiger charge is 1.92. The largest absolute Gasteiger partial charge is 0.508 e. The Labute approximate surface area is 123 Å². The normalized spacial score (nSPS) is 9.33. The first-order valence-corrected chi connectivity index (χ1v) is 6.50. The van der Waals surface area contributed by atoms with Crippen molar-refractivity contribution < 1.29 is 14.9 Å². The van der Waals surface area contributed by atoms with Crippen molar-refractivity contribution in [1.29, 1.82) is 0 Å². The molecule has 3 nitrogen and oxygen atoms in total. The Hall–Kier alpha value is -2.94. The van der Waals surface area contributed by atoms with Crippen molar-refractivity contribution in [3.63, 3.8) is 0 Å². The molecule has 0 atom stereocenters. The van der Waals surface area contributed by atoms with Crippen molar-refractivity contribution in [2.24, 2.45) is 0 Å². The van der Waals surface area contributed by atoms with Crippen LogP contribution in [0.2, 0.25) is 0 Å². The van der Waals surface area contributed by atoms with Crippen molar-refractivity contribution >= 4 is 0 Å². The summed E-state index contributed by atoms with van der Waals surface area (Å²) in [5.74, 6) is 2.08. The Morgan fingerprint density at radius 1 is 0.476 bits per heavy atom. The van der Waals surface area contributed by atoms with Crippen LogP contribution in [0.25, 0.3) is 0 Å². The standard InChI is InChI=1S/C12H10O.C6H6O2/c1-3-7-11(8-4-1)13-12-9-5-2-6-10-12;7-5-1-2-6(8)4-3-5/h1-10H;1-4,7-8H. The van der Waals surface area contributed by atoms with Gasteiger partial charge in [-0.1, -0.05) is 36.4 Å². The van der Waals surface area contributed by atoms with Gasteiger partial charge in [-0.05, 0) is 48.5 Å². The summed E-state index contributed by atoms with van der Waals surface area (Å²) in [5, 5.41) is 17.3. The van der Waals surface area contributed by atoms with E-state index in [1.807, 2.05) is 60.7 Å². The Morgan fingerprint density at radius 2 is 0.810 bits per heavy atom. The van der Waals surface area contributed by atoms with Gasteiger partial charge in [0.1, 0.15) is 23.0 Å². The van der Waals surface area contributed by atoms with E-state index in [4.69, 9.17) is 14.9 Å². The third-order valence-corrected chi connectivity index (χ3v) is 2.57. The molecular formula is C18H16O3. The van der Waals surface area contributed by atoms with E-state index < -0.39 is 0 Å². The van der Waals surface area contributed by atoms with Crippen LogP contribution in [0.5, 0.6) is 23.0 Å². The van der Waals surface area contributed by atoms with Crippen LogP contribution >= 0.6 is 0 Å². The summed E-state index contributed by atoms with van der Waals surface area (Å²) in [7, 11) is 0. The zero-order chi connectivity index (χ0) is 14.9. The van der Waals surface area contributed by atoms with Crippen LogP contribution in [0, 0.1) is 0 Å². The van der Waals surface area contributed by atoms with Gasteiger partial charge >= 0.3 is 0 Å². The molecule has 0 aromatic heterocycles. The topological polar surface area (TPSA) is 49.7 Å². The zero-order valence-corrected chi connectivity index (χ0v) is 11.4. The lowest BCUT2D eigenvalue weighted by atomic mass is 10.3. The first kappa shape index (κ1) is 14.5. The predicted octanol–water partition coefficient (Wildman–Crippen LogP) is 4.58. The summed E-state index contributed by atoms with van der Waals surface area (Å²) in [4.78, 5) is 0. The zero-order valence-electron chi connectivity index (χ0n) is 11.4. The van der Waals surface area contributed by atoms with E-state index in [-0.39, 0.29) is 11.5 Å². The van der Waals surface area contributed by atoms with Gasteiger partial charge in [-0.2, -0.15) is 0 Å². The smallest absolute Gasteiger partial charge is 0.127 e. The van der Waals surface area contributed by atoms with Crippen LogP contribution in [0.15, 0.2) is 84.9 Å². The van der Waals surface area contributed by atoms with Crippen molar-refractivity contribution in [3.8, 4) is 23.0 Å². The minimum atomic E-state index is 0.169. The minimum Gasteiger partial charge on any atom is -0.508 e. The summed E-state index contributed by atoms with van der Waals surface area (Å²) in [6.07, 6.45) is 0. The Morgan fingerprint density at radius 3 is 1.14 bits per heavy atom. The first-order valence-electron chi connectivity index (χ1n) is 6.50. The highest BCUT2D eigenvalue weighted by atomic mass is 16.5. The second-order valence-electron chi connectivity index (χ2n) is 4.24. The molecule has 3 aromatic rings. The maximum Gasteiger partial charge on any atom is 0.127 e. The van der Waals surface area contributed by atoms with Crippen LogP contribution in [-0.4, -0.2) is 10.2 Å². The van der Waals surface area contributed by atoms with E-state index in [1.165, 1.54) is 24.3 Å². The highest BCUT2D eigenvalue weighted by Crippen LogP contribution is 2.19. The number of ether oxygens (including phenoxy) is 1. The van der Waals surface area contributed by atoms with Gasteiger partial charge < -0.3 is 14.9 Å². The molecule has 3 rings (SSSR count). The maximum atomic E-state index is 8.65. The molecule has 3 aromatic carbocycles. The minimum absolute atomic E-state index is 0.169. The summed E-state index contributed by atoms with van der Waals surface area (Å²) >= 11 is 0. The number of phenols is 2. The van der Waals surface area contributed by atoms with E-state index >= 15 is 0 Å². The monoisotopic (exact) mass is 280 g/mol. The number of benzene rings is 3. The number of rotatable bonds is 2. The van der Waals surface area contributed by atoms with Crippen molar-refractivity contribution in [3.05, 3.63) is 84.9 Å². The molecule has 0 aliphatic carbocycles. The molecule has 0 spiro atoms. The fourth-order valence-corrected chi connectivity index (χ4v) is 1.57. The average Bonchev–Trinajstić information content (AvgIpc) is 2.53. The Bertz CT molecular complexity index is 576. The van der Waals surface area contributed by atoms with E-state index in [2.05, 4.69) is 0 Å². The van der Waals surface area contributed by atoms with Crippen LogP contribution in [-0.2, 0) is 0 Å². The Kier molecular flexibility index (Phi) is 5.24. The van der Waals surface area contributed by atoms with E-state index in [0.717, 1.165) is 11.5 Å². The lowest BCUT2D eigenvalue weighted by Gasteiger charge is -2.03. The predicted molar refractivity (Wildman–Crippen MR) is 82.7 cm³/mol. The van der Waals surface area contributed by atoms with Gasteiger partial charge in [0.15, 0.2) is 0 Å². The van der Waals surface area contributed by atoms with E-state index in [1.54, 1.807) is 0 Å². The number of hydrogen-bond donors (Lipinski definition) is 2. The van der Waals surface area contributed by atoms with Gasteiger partial charge in [-0.15, -0.1) is 0 Å². The SMILES string of the molecule is Oc1ccc(O)cc1.c1ccc(Oc2ccccc2)cc1. The summed E-state index contributed by atoms with van der Waals surface area (Å²) in [6, 6.07) is 25.2. The van der Waals surface area contributed by atoms with Gasteiger partial charge in [0, 0.05) is 0 Å². The van der Waals surface area contributed by atoms with Crippen LogP contribution < -0.4 is 4.74 Å². The summed E-state index contributed by atoms with van der Waals surface area (Å²) in [5.41, 5.74) is 0. The lowest BCUT2D eigenvalue weighted by Crippen LogP contribution is -1.81. The lowest BCUT2D eigenvalue weighted by molar-refractivity contribution is 0.460. The molecule has 0 bridgehead atoms. The van der Waals surface area contributed by atoms with Crippen LogP contribution in [0.4, 0.5) is 0 Å². The molecule has 0 heterocycles. The van der Waals surface area contributed by atoms with Crippen molar-refractivity contribution in [2.45, 2.75) is 0 Å².